The van der Waals surface area contributed by atoms with Crippen LogP contribution in [0.1, 0.15) is 16.8 Å². The van der Waals surface area contributed by atoms with Crippen LogP contribution in [0.15, 0.2) is 54.6 Å². The molecule has 2 aliphatic carbocycles. The van der Waals surface area contributed by atoms with Crippen LogP contribution in [0, 0.1) is 23.7 Å². The monoisotopic (exact) mass is 476 g/mol. The Morgan fingerprint density at radius 3 is 2.20 bits per heavy atom. The van der Waals surface area contributed by atoms with Gasteiger partial charge in [-0.25, -0.2) is 4.79 Å². The molecule has 2 aromatic rings. The van der Waals surface area contributed by atoms with E-state index in [4.69, 9.17) is 14.2 Å². The van der Waals surface area contributed by atoms with Gasteiger partial charge in [0.1, 0.15) is 11.5 Å². The Morgan fingerprint density at radius 1 is 0.943 bits per heavy atom. The van der Waals surface area contributed by atoms with Crippen LogP contribution in [0.3, 0.4) is 0 Å². The van der Waals surface area contributed by atoms with Gasteiger partial charge in [0.2, 0.25) is 11.8 Å². The Bertz CT molecular complexity index is 1210. The van der Waals surface area contributed by atoms with E-state index in [1.165, 1.54) is 31.3 Å². The lowest BCUT2D eigenvalue weighted by atomic mass is 9.85. The summed E-state index contributed by atoms with van der Waals surface area (Å²) in [6, 6.07) is 10.9. The number of hydrogen-bond acceptors (Lipinski definition) is 7. The minimum absolute atomic E-state index is 0.129. The highest BCUT2D eigenvalue weighted by atomic mass is 16.5. The van der Waals surface area contributed by atoms with Crippen molar-refractivity contribution in [1.82, 2.24) is 0 Å². The molecule has 1 saturated heterocycles. The summed E-state index contributed by atoms with van der Waals surface area (Å²) in [4.78, 5) is 51.8. The van der Waals surface area contributed by atoms with Gasteiger partial charge in [-0.1, -0.05) is 12.2 Å². The lowest BCUT2D eigenvalue weighted by Gasteiger charge is -2.17. The summed E-state index contributed by atoms with van der Waals surface area (Å²) in [5.41, 5.74) is 1.03. The Morgan fingerprint density at radius 2 is 1.60 bits per heavy atom. The number of anilines is 2. The summed E-state index contributed by atoms with van der Waals surface area (Å²) in [5.74, 6) is -0.953. The fraction of sp³-hybridized carbons (Fsp3) is 0.308. The number of amides is 3. The molecule has 0 spiro atoms. The van der Waals surface area contributed by atoms with Crippen LogP contribution in [-0.2, 0) is 19.1 Å². The van der Waals surface area contributed by atoms with E-state index in [1.807, 2.05) is 12.2 Å². The standard InChI is InChI=1S/C26H24N2O7/c1-33-18-9-10-19(20(12-18)34-2)27-21(29)13-35-26(32)14-5-7-17(8-6-14)28-24(30)22-15-3-4-16(11-15)23(22)25(28)31/h3-10,12,15-16,22-23H,11,13H2,1-2H3,(H,27,29)/t15-,16-,22-,23-/m0/s1. The van der Waals surface area contributed by atoms with Crippen molar-refractivity contribution in [3.8, 4) is 11.5 Å². The third kappa shape index (κ3) is 3.92. The number of methoxy groups -OCH3 is 2. The molecule has 0 radical (unpaired) electrons. The van der Waals surface area contributed by atoms with E-state index < -0.39 is 18.5 Å². The normalized spacial score (nSPS) is 23.9. The molecule has 1 saturated carbocycles. The number of esters is 1. The SMILES string of the molecule is COc1ccc(NC(=O)COC(=O)c2ccc(N3C(=O)[C@@H]4[C@@H](C3=O)[C@H]3C=C[C@H]4C3)cc2)c(OC)c1. The summed E-state index contributed by atoms with van der Waals surface area (Å²) in [6.45, 7) is -0.502. The number of rotatable bonds is 7. The number of carbonyl (C=O) groups excluding carboxylic acids is 4. The number of fused-ring (bicyclic) bond motifs is 5. The molecule has 0 aromatic heterocycles. The zero-order valence-corrected chi connectivity index (χ0v) is 19.2. The van der Waals surface area contributed by atoms with Crippen LogP contribution in [0.2, 0.25) is 0 Å². The summed E-state index contributed by atoms with van der Waals surface area (Å²) in [6.07, 6.45) is 4.95. The van der Waals surface area contributed by atoms with Gasteiger partial charge in [0.05, 0.1) is 43.0 Å². The van der Waals surface area contributed by atoms with E-state index in [0.29, 0.717) is 22.9 Å². The van der Waals surface area contributed by atoms with Crippen LogP contribution in [0.4, 0.5) is 11.4 Å². The molecule has 9 nitrogen and oxygen atoms in total. The lowest BCUT2D eigenvalue weighted by molar-refractivity contribution is -0.123. The average Bonchev–Trinajstić information content (AvgIpc) is 3.56. The highest BCUT2D eigenvalue weighted by Crippen LogP contribution is 2.53. The number of carbonyl (C=O) groups is 4. The minimum atomic E-state index is -0.702. The van der Waals surface area contributed by atoms with Crippen LogP contribution < -0.4 is 19.7 Å². The lowest BCUT2D eigenvalue weighted by Crippen LogP contribution is -2.32. The zero-order chi connectivity index (χ0) is 24.7. The Hall–Kier alpha value is -4.14. The third-order valence-electron chi connectivity index (χ3n) is 6.85. The van der Waals surface area contributed by atoms with Gasteiger partial charge in [-0.05, 0) is 54.7 Å². The fourth-order valence-electron chi connectivity index (χ4n) is 5.21. The molecule has 2 bridgehead atoms. The molecule has 3 amide bonds. The van der Waals surface area contributed by atoms with Gasteiger partial charge in [0.15, 0.2) is 6.61 Å². The van der Waals surface area contributed by atoms with Crippen molar-refractivity contribution in [3.05, 3.63) is 60.2 Å². The van der Waals surface area contributed by atoms with Crippen LogP contribution in [-0.4, -0.2) is 44.5 Å². The summed E-state index contributed by atoms with van der Waals surface area (Å²) >= 11 is 0. The van der Waals surface area contributed by atoms with Crippen molar-refractivity contribution < 1.29 is 33.4 Å². The molecule has 4 atom stereocenters. The maximum absolute atomic E-state index is 12.9. The number of ether oxygens (including phenoxy) is 3. The average molecular weight is 476 g/mol. The van der Waals surface area contributed by atoms with Crippen LogP contribution >= 0.6 is 0 Å². The smallest absolute Gasteiger partial charge is 0.338 e. The first-order valence-corrected chi connectivity index (χ1v) is 11.3. The predicted octanol–water partition coefficient (Wildman–Crippen LogP) is 2.81. The van der Waals surface area contributed by atoms with E-state index in [2.05, 4.69) is 5.32 Å². The summed E-state index contributed by atoms with van der Waals surface area (Å²) < 4.78 is 15.5. The van der Waals surface area contributed by atoms with Crippen molar-refractivity contribution in [1.29, 1.82) is 0 Å². The highest BCUT2D eigenvalue weighted by molar-refractivity contribution is 6.22. The van der Waals surface area contributed by atoms with Gasteiger partial charge in [-0.3, -0.25) is 19.3 Å². The van der Waals surface area contributed by atoms with E-state index in [9.17, 15) is 19.2 Å². The Kier molecular flexibility index (Phi) is 5.76. The molecule has 0 unspecified atom stereocenters. The first-order chi connectivity index (χ1) is 16.9. The molecular formula is C26H24N2O7. The molecule has 2 fully saturated rings. The largest absolute Gasteiger partial charge is 0.497 e. The number of hydrogen-bond donors (Lipinski definition) is 1. The molecule has 9 heteroatoms. The topological polar surface area (TPSA) is 111 Å². The van der Waals surface area contributed by atoms with Crippen molar-refractivity contribution in [2.45, 2.75) is 6.42 Å². The van der Waals surface area contributed by atoms with E-state index in [1.54, 1.807) is 30.3 Å². The maximum atomic E-state index is 12.9. The zero-order valence-electron chi connectivity index (χ0n) is 19.2. The quantitative estimate of drug-likeness (QED) is 0.372. The molecule has 35 heavy (non-hydrogen) atoms. The molecule has 1 heterocycles. The van der Waals surface area contributed by atoms with Gasteiger partial charge in [-0.2, -0.15) is 0 Å². The molecule has 5 rings (SSSR count). The second-order valence-electron chi connectivity index (χ2n) is 8.75. The van der Waals surface area contributed by atoms with E-state index >= 15 is 0 Å². The second-order valence-corrected chi connectivity index (χ2v) is 8.75. The number of nitrogens with zero attached hydrogens (tertiary/aromatic N) is 1. The molecule has 180 valence electrons. The maximum Gasteiger partial charge on any atom is 0.338 e. The van der Waals surface area contributed by atoms with Crippen molar-refractivity contribution in [3.63, 3.8) is 0 Å². The van der Waals surface area contributed by atoms with Crippen molar-refractivity contribution in [2.75, 3.05) is 31.0 Å². The van der Waals surface area contributed by atoms with Gasteiger partial charge >= 0.3 is 5.97 Å². The van der Waals surface area contributed by atoms with Gasteiger partial charge in [0.25, 0.3) is 5.91 Å². The molecule has 1 aliphatic heterocycles. The number of imide groups is 1. The van der Waals surface area contributed by atoms with E-state index in [0.717, 1.165) is 6.42 Å². The molecule has 2 aromatic carbocycles. The van der Waals surface area contributed by atoms with Gasteiger partial charge < -0.3 is 19.5 Å². The molecule has 3 aliphatic rings. The third-order valence-corrected chi connectivity index (χ3v) is 6.85. The molecular weight excluding hydrogens is 452 g/mol. The Balaban J connectivity index is 1.19. The fourth-order valence-corrected chi connectivity index (χ4v) is 5.21. The van der Waals surface area contributed by atoms with E-state index in [-0.39, 0.29) is 41.0 Å². The number of nitrogens with one attached hydrogen (secondary N) is 1. The second kappa shape index (κ2) is 8.90. The van der Waals surface area contributed by atoms with Gasteiger partial charge in [-0.15, -0.1) is 0 Å². The first-order valence-electron chi connectivity index (χ1n) is 11.3. The first kappa shape index (κ1) is 22.6. The van der Waals surface area contributed by atoms with Crippen LogP contribution in [0.5, 0.6) is 11.5 Å². The van der Waals surface area contributed by atoms with Crippen molar-refractivity contribution in [2.24, 2.45) is 23.7 Å². The number of allylic oxidation sites excluding steroid dienone is 2. The Labute approximate surface area is 201 Å². The summed E-state index contributed by atoms with van der Waals surface area (Å²) in [5, 5.41) is 2.62. The number of benzene rings is 2. The molecule has 1 N–H and O–H groups in total. The minimum Gasteiger partial charge on any atom is -0.497 e. The summed E-state index contributed by atoms with van der Waals surface area (Å²) in [7, 11) is 2.98. The van der Waals surface area contributed by atoms with Crippen LogP contribution in [0.25, 0.3) is 0 Å². The van der Waals surface area contributed by atoms with Gasteiger partial charge in [0, 0.05) is 6.07 Å². The highest BCUT2D eigenvalue weighted by Gasteiger charge is 2.59. The van der Waals surface area contributed by atoms with Crippen molar-refractivity contribution >= 4 is 35.1 Å². The predicted molar refractivity (Wildman–Crippen MR) is 125 cm³/mol.